The number of nitro groups is 1. The van der Waals surface area contributed by atoms with Crippen molar-refractivity contribution in [3.63, 3.8) is 0 Å². The SMILES string of the molecule is COC(=O)C1=C(C(F)(F)F)NC(C)=C(C(=O)OCCc2ccc(OCCNCC(O)c3ccccc3)cc2)C1c1cccc([N+](=O)[O-])c1.Cl. The zero-order valence-electron chi connectivity index (χ0n) is 26.5. The van der Waals surface area contributed by atoms with Gasteiger partial charge >= 0.3 is 18.1 Å². The molecule has 0 fully saturated rings. The first-order valence-corrected chi connectivity index (χ1v) is 14.8. The first-order valence-electron chi connectivity index (χ1n) is 14.8. The van der Waals surface area contributed by atoms with E-state index in [-0.39, 0.29) is 42.3 Å². The maximum atomic E-state index is 14.1. The molecule has 1 aliphatic heterocycles. The van der Waals surface area contributed by atoms with Crippen LogP contribution in [0.25, 0.3) is 0 Å². The molecule has 15 heteroatoms. The fourth-order valence-electron chi connectivity index (χ4n) is 5.17. The summed E-state index contributed by atoms with van der Waals surface area (Å²) in [5.74, 6) is -3.45. The van der Waals surface area contributed by atoms with Crippen LogP contribution in [0, 0.1) is 10.1 Å². The quantitative estimate of drug-likeness (QED) is 0.0855. The molecule has 0 aliphatic carbocycles. The van der Waals surface area contributed by atoms with Gasteiger partial charge in [-0.05, 0) is 35.7 Å². The van der Waals surface area contributed by atoms with E-state index in [1.807, 2.05) is 30.3 Å². The summed E-state index contributed by atoms with van der Waals surface area (Å²) in [6, 6.07) is 21.0. The third kappa shape index (κ3) is 10.0. The minimum absolute atomic E-state index is 0. The number of halogens is 4. The number of carbonyl (C=O) groups excluding carboxylic acids is 2. The highest BCUT2D eigenvalue weighted by atomic mass is 35.5. The number of methoxy groups -OCH3 is 1. The molecule has 0 bridgehead atoms. The lowest BCUT2D eigenvalue weighted by Crippen LogP contribution is -2.38. The van der Waals surface area contributed by atoms with Crippen molar-refractivity contribution in [3.8, 4) is 5.75 Å². The summed E-state index contributed by atoms with van der Waals surface area (Å²) >= 11 is 0. The third-order valence-electron chi connectivity index (χ3n) is 7.50. The Labute approximate surface area is 286 Å². The number of aliphatic hydroxyl groups is 1. The van der Waals surface area contributed by atoms with E-state index in [2.05, 4.69) is 15.4 Å². The van der Waals surface area contributed by atoms with E-state index >= 15 is 0 Å². The number of benzene rings is 3. The second-order valence-electron chi connectivity index (χ2n) is 10.7. The lowest BCUT2D eigenvalue weighted by molar-refractivity contribution is -0.384. The van der Waals surface area contributed by atoms with Crippen LogP contribution >= 0.6 is 12.4 Å². The molecule has 11 nitrogen and oxygen atoms in total. The van der Waals surface area contributed by atoms with Crippen molar-refractivity contribution < 1.29 is 47.0 Å². The lowest BCUT2D eigenvalue weighted by Gasteiger charge is -2.31. The van der Waals surface area contributed by atoms with Crippen LogP contribution in [0.1, 0.15) is 35.6 Å². The van der Waals surface area contributed by atoms with Gasteiger partial charge in [-0.25, -0.2) is 9.59 Å². The van der Waals surface area contributed by atoms with Crippen molar-refractivity contribution in [2.75, 3.05) is 33.4 Å². The minimum Gasteiger partial charge on any atom is -0.492 e. The standard InChI is InChI=1S/C34H34F3N3O8.ClH/c1-21-28(29(24-9-6-10-25(19-24)40(44)45)30(32(42)46-2)31(39-21)34(35,36)37)33(43)48-17-15-22-11-13-26(14-12-22)47-18-16-38-20-27(41)23-7-4-3-5-8-23;/h3-14,19,27,29,38-39,41H,15-18,20H2,1-2H3;1H. The average molecular weight is 706 g/mol. The number of esters is 2. The number of rotatable bonds is 14. The van der Waals surface area contributed by atoms with Gasteiger partial charge in [0.2, 0.25) is 0 Å². The van der Waals surface area contributed by atoms with Crippen molar-refractivity contribution in [3.05, 3.63) is 128 Å². The molecule has 3 aromatic rings. The molecule has 0 radical (unpaired) electrons. The molecule has 2 unspecified atom stereocenters. The van der Waals surface area contributed by atoms with E-state index in [1.165, 1.54) is 19.1 Å². The summed E-state index contributed by atoms with van der Waals surface area (Å²) in [6.07, 6.45) is -5.43. The summed E-state index contributed by atoms with van der Waals surface area (Å²) in [7, 11) is 0.892. The molecule has 0 saturated heterocycles. The van der Waals surface area contributed by atoms with Gasteiger partial charge in [0.1, 0.15) is 18.1 Å². The van der Waals surface area contributed by atoms with Crippen LogP contribution in [0.3, 0.4) is 0 Å². The monoisotopic (exact) mass is 705 g/mol. The van der Waals surface area contributed by atoms with E-state index < -0.39 is 52.0 Å². The first-order chi connectivity index (χ1) is 22.9. The van der Waals surface area contributed by atoms with E-state index in [0.29, 0.717) is 25.4 Å². The van der Waals surface area contributed by atoms with Crippen LogP contribution in [0.4, 0.5) is 18.9 Å². The Hall–Kier alpha value is -4.92. The molecule has 262 valence electrons. The van der Waals surface area contributed by atoms with Crippen molar-refractivity contribution in [1.29, 1.82) is 0 Å². The van der Waals surface area contributed by atoms with E-state index in [4.69, 9.17) is 9.47 Å². The van der Waals surface area contributed by atoms with Crippen LogP contribution < -0.4 is 15.4 Å². The van der Waals surface area contributed by atoms with Gasteiger partial charge in [-0.3, -0.25) is 10.1 Å². The van der Waals surface area contributed by atoms with Crippen molar-refractivity contribution in [2.24, 2.45) is 0 Å². The van der Waals surface area contributed by atoms with Crippen LogP contribution in [0.15, 0.2) is 101 Å². The van der Waals surface area contributed by atoms with Gasteiger partial charge in [0, 0.05) is 37.3 Å². The summed E-state index contributed by atoms with van der Waals surface area (Å²) in [5.41, 5.74) is -1.88. The highest BCUT2D eigenvalue weighted by Crippen LogP contribution is 2.44. The molecule has 1 aliphatic rings. The molecular formula is C34H35ClF3N3O8. The molecule has 1 heterocycles. The Morgan fingerprint density at radius 3 is 2.33 bits per heavy atom. The van der Waals surface area contributed by atoms with Gasteiger partial charge in [0.05, 0.1) is 41.8 Å². The number of hydrogen-bond donors (Lipinski definition) is 3. The highest BCUT2D eigenvalue weighted by Gasteiger charge is 2.47. The Balaban J connectivity index is 0.00000650. The van der Waals surface area contributed by atoms with Crippen LogP contribution in [0.2, 0.25) is 0 Å². The number of hydrogen-bond acceptors (Lipinski definition) is 10. The highest BCUT2D eigenvalue weighted by molar-refractivity contribution is 6.00. The molecule has 3 N–H and O–H groups in total. The normalized spacial score (nSPS) is 15.1. The van der Waals surface area contributed by atoms with E-state index in [0.717, 1.165) is 30.4 Å². The fourth-order valence-corrected chi connectivity index (χ4v) is 5.17. The van der Waals surface area contributed by atoms with Gasteiger partial charge in [-0.15, -0.1) is 12.4 Å². The summed E-state index contributed by atoms with van der Waals surface area (Å²) in [5, 5.41) is 26.9. The van der Waals surface area contributed by atoms with Gasteiger partial charge < -0.3 is 30.0 Å². The number of carbonyl (C=O) groups is 2. The number of nitrogens with one attached hydrogen (secondary N) is 2. The number of nitrogens with zero attached hydrogens (tertiary/aromatic N) is 1. The molecular weight excluding hydrogens is 671 g/mol. The van der Waals surface area contributed by atoms with Gasteiger partial charge in [-0.2, -0.15) is 13.2 Å². The zero-order chi connectivity index (χ0) is 34.8. The maximum Gasteiger partial charge on any atom is 0.431 e. The lowest BCUT2D eigenvalue weighted by atomic mass is 9.80. The minimum atomic E-state index is -5.05. The number of allylic oxidation sites excluding steroid dienone is 2. The summed E-state index contributed by atoms with van der Waals surface area (Å²) in [4.78, 5) is 36.9. The third-order valence-corrected chi connectivity index (χ3v) is 7.50. The van der Waals surface area contributed by atoms with Gasteiger partial charge in [0.15, 0.2) is 0 Å². The molecule has 4 rings (SSSR count). The summed E-state index contributed by atoms with van der Waals surface area (Å²) in [6.45, 7) is 2.29. The predicted octanol–water partition coefficient (Wildman–Crippen LogP) is 5.45. The Morgan fingerprint density at radius 2 is 1.69 bits per heavy atom. The summed E-state index contributed by atoms with van der Waals surface area (Å²) < 4.78 is 58.1. The fraction of sp³-hybridized carbons (Fsp3) is 0.294. The van der Waals surface area contributed by atoms with Crippen molar-refractivity contribution in [2.45, 2.75) is 31.5 Å². The second-order valence-corrected chi connectivity index (χ2v) is 10.7. The molecule has 0 aromatic heterocycles. The van der Waals surface area contributed by atoms with Crippen molar-refractivity contribution in [1.82, 2.24) is 10.6 Å². The van der Waals surface area contributed by atoms with Crippen LogP contribution in [-0.4, -0.2) is 61.6 Å². The number of non-ortho nitro benzene ring substituents is 1. The molecule has 0 spiro atoms. The van der Waals surface area contributed by atoms with Gasteiger partial charge in [-0.1, -0.05) is 54.6 Å². The second kappa shape index (κ2) is 17.5. The molecule has 0 saturated carbocycles. The number of aliphatic hydroxyl groups excluding tert-OH is 1. The number of ether oxygens (including phenoxy) is 3. The topological polar surface area (TPSA) is 149 Å². The molecule has 0 amide bonds. The molecule has 49 heavy (non-hydrogen) atoms. The maximum absolute atomic E-state index is 14.1. The average Bonchev–Trinajstić information content (AvgIpc) is 3.07. The van der Waals surface area contributed by atoms with Crippen LogP contribution in [0.5, 0.6) is 5.75 Å². The Bertz CT molecular complexity index is 1680. The van der Waals surface area contributed by atoms with Gasteiger partial charge in [0.25, 0.3) is 5.69 Å². The molecule has 2 atom stereocenters. The van der Waals surface area contributed by atoms with E-state index in [9.17, 15) is 38.0 Å². The Kier molecular flexibility index (Phi) is 13.7. The van der Waals surface area contributed by atoms with Crippen molar-refractivity contribution >= 4 is 30.0 Å². The smallest absolute Gasteiger partial charge is 0.431 e. The molecule has 3 aromatic carbocycles. The number of nitro benzene ring substituents is 1. The first kappa shape index (κ1) is 38.5. The largest absolute Gasteiger partial charge is 0.492 e. The van der Waals surface area contributed by atoms with E-state index in [1.54, 1.807) is 24.3 Å². The van der Waals surface area contributed by atoms with Crippen LogP contribution in [-0.2, 0) is 25.5 Å². The number of dihydropyridines is 1. The predicted molar refractivity (Wildman–Crippen MR) is 175 cm³/mol. The Morgan fingerprint density at radius 1 is 1.00 bits per heavy atom. The number of alkyl halides is 3. The zero-order valence-corrected chi connectivity index (χ0v) is 27.3.